The predicted octanol–water partition coefficient (Wildman–Crippen LogP) is 1.94. The number of aryl methyl sites for hydroxylation is 1. The van der Waals surface area contributed by atoms with Crippen molar-refractivity contribution in [3.8, 4) is 5.75 Å². The van der Waals surface area contributed by atoms with E-state index in [4.69, 9.17) is 0 Å². The molecular formula is C11H10N2O3. The molecule has 5 nitrogen and oxygen atoms in total. The molecule has 0 bridgehead atoms. The average molecular weight is 218 g/mol. The molecule has 2 N–H and O–H groups in total. The molecule has 0 aliphatic rings. The Morgan fingerprint density at radius 3 is 3.00 bits per heavy atom. The van der Waals surface area contributed by atoms with Crippen molar-refractivity contribution in [2.24, 2.45) is 0 Å². The molecule has 5 heteroatoms. The van der Waals surface area contributed by atoms with Crippen LogP contribution in [0.3, 0.4) is 0 Å². The first-order valence-electron chi connectivity index (χ1n) is 4.67. The number of phenols is 1. The molecule has 16 heavy (non-hydrogen) atoms. The fraction of sp³-hybridized carbons (Fsp3) is 0.0909. The van der Waals surface area contributed by atoms with Crippen LogP contribution in [0.25, 0.3) is 0 Å². The summed E-state index contributed by atoms with van der Waals surface area (Å²) in [6, 6.07) is 4.82. The number of benzene rings is 1. The van der Waals surface area contributed by atoms with Gasteiger partial charge in [-0.3, -0.25) is 4.79 Å². The summed E-state index contributed by atoms with van der Waals surface area (Å²) in [5.41, 5.74) is 1.57. The van der Waals surface area contributed by atoms with Crippen molar-refractivity contribution >= 4 is 11.6 Å². The second-order valence-corrected chi connectivity index (χ2v) is 3.39. The molecule has 0 aliphatic heterocycles. The molecule has 0 radical (unpaired) electrons. The molecule has 0 aliphatic carbocycles. The molecule has 82 valence electrons. The molecule has 1 aromatic carbocycles. The van der Waals surface area contributed by atoms with E-state index >= 15 is 0 Å². The Bertz CT molecular complexity index is 506. The van der Waals surface area contributed by atoms with Crippen molar-refractivity contribution in [1.82, 2.24) is 5.16 Å². The van der Waals surface area contributed by atoms with Gasteiger partial charge in [-0.25, -0.2) is 0 Å². The van der Waals surface area contributed by atoms with E-state index in [2.05, 4.69) is 15.0 Å². The summed E-state index contributed by atoms with van der Waals surface area (Å²) in [4.78, 5) is 11.7. The van der Waals surface area contributed by atoms with E-state index in [1.54, 1.807) is 12.1 Å². The smallest absolute Gasteiger partial charge is 0.259 e. The van der Waals surface area contributed by atoms with Gasteiger partial charge in [-0.1, -0.05) is 16.8 Å². The van der Waals surface area contributed by atoms with Crippen LogP contribution in [0.1, 0.15) is 15.9 Å². The van der Waals surface area contributed by atoms with Gasteiger partial charge in [0.15, 0.2) is 0 Å². The average Bonchev–Trinajstić information content (AvgIpc) is 2.74. The van der Waals surface area contributed by atoms with E-state index < -0.39 is 5.91 Å². The largest absolute Gasteiger partial charge is 0.507 e. The van der Waals surface area contributed by atoms with Crippen LogP contribution in [0.4, 0.5) is 5.69 Å². The van der Waals surface area contributed by atoms with Crippen LogP contribution in [0, 0.1) is 6.92 Å². The van der Waals surface area contributed by atoms with E-state index in [1.807, 2.05) is 6.92 Å². The molecule has 1 aromatic heterocycles. The molecule has 0 fully saturated rings. The molecule has 1 amide bonds. The minimum atomic E-state index is -0.399. The van der Waals surface area contributed by atoms with Crippen molar-refractivity contribution in [2.75, 3.05) is 5.32 Å². The number of aromatic hydroxyl groups is 1. The number of nitrogens with one attached hydrogen (secondary N) is 1. The lowest BCUT2D eigenvalue weighted by atomic mass is 10.1. The molecule has 2 aromatic rings. The molecule has 0 saturated heterocycles. The SMILES string of the molecule is Cc1ccc(O)c(C(=O)Nc2cnoc2)c1. The number of hydrogen-bond acceptors (Lipinski definition) is 4. The molecular weight excluding hydrogens is 208 g/mol. The van der Waals surface area contributed by atoms with Crippen molar-refractivity contribution in [3.05, 3.63) is 41.8 Å². The number of carbonyl (C=O) groups excluding carboxylic acids is 1. The van der Waals surface area contributed by atoms with Crippen LogP contribution in [0.15, 0.2) is 35.2 Å². The monoisotopic (exact) mass is 218 g/mol. The summed E-state index contributed by atoms with van der Waals surface area (Å²) in [7, 11) is 0. The van der Waals surface area contributed by atoms with Gasteiger partial charge in [-0.15, -0.1) is 0 Å². The Labute approximate surface area is 91.7 Å². The van der Waals surface area contributed by atoms with Gasteiger partial charge in [0.1, 0.15) is 17.7 Å². The minimum Gasteiger partial charge on any atom is -0.507 e. The van der Waals surface area contributed by atoms with Gasteiger partial charge in [0, 0.05) is 0 Å². The Morgan fingerprint density at radius 2 is 2.31 bits per heavy atom. The second-order valence-electron chi connectivity index (χ2n) is 3.39. The maximum absolute atomic E-state index is 11.7. The van der Waals surface area contributed by atoms with Crippen LogP contribution in [0.5, 0.6) is 5.75 Å². The first-order valence-corrected chi connectivity index (χ1v) is 4.67. The summed E-state index contributed by atoms with van der Waals surface area (Å²) >= 11 is 0. The number of hydrogen-bond donors (Lipinski definition) is 2. The molecule has 0 saturated carbocycles. The van der Waals surface area contributed by atoms with Crippen molar-refractivity contribution < 1.29 is 14.4 Å². The zero-order chi connectivity index (χ0) is 11.5. The number of anilines is 1. The standard InChI is InChI=1S/C11H10N2O3/c1-7-2-3-10(14)9(4-7)11(15)13-8-5-12-16-6-8/h2-6,14H,1H3,(H,13,15). The third-order valence-corrected chi connectivity index (χ3v) is 2.09. The highest BCUT2D eigenvalue weighted by molar-refractivity contribution is 6.06. The number of aromatic nitrogens is 1. The number of amides is 1. The Morgan fingerprint density at radius 1 is 1.50 bits per heavy atom. The van der Waals surface area contributed by atoms with Crippen molar-refractivity contribution in [3.63, 3.8) is 0 Å². The minimum absolute atomic E-state index is 0.0560. The van der Waals surface area contributed by atoms with Gasteiger partial charge < -0.3 is 14.9 Å². The third kappa shape index (κ3) is 2.03. The van der Waals surface area contributed by atoms with Crippen LogP contribution < -0.4 is 5.32 Å². The van der Waals surface area contributed by atoms with Gasteiger partial charge in [0.25, 0.3) is 5.91 Å². The summed E-state index contributed by atoms with van der Waals surface area (Å²) in [5.74, 6) is -0.455. The Hall–Kier alpha value is -2.30. The topological polar surface area (TPSA) is 75.4 Å². The Kier molecular flexibility index (Phi) is 2.59. The van der Waals surface area contributed by atoms with E-state index in [0.717, 1.165) is 5.56 Å². The van der Waals surface area contributed by atoms with Crippen LogP contribution in [-0.4, -0.2) is 16.2 Å². The molecule has 2 rings (SSSR count). The zero-order valence-electron chi connectivity index (χ0n) is 8.60. The summed E-state index contributed by atoms with van der Waals surface area (Å²) < 4.78 is 4.58. The number of phenolic OH excluding ortho intramolecular Hbond substituents is 1. The van der Waals surface area contributed by atoms with Crippen LogP contribution >= 0.6 is 0 Å². The highest BCUT2D eigenvalue weighted by Crippen LogP contribution is 2.19. The lowest BCUT2D eigenvalue weighted by molar-refractivity contribution is 0.102. The predicted molar refractivity (Wildman–Crippen MR) is 57.3 cm³/mol. The van der Waals surface area contributed by atoms with Gasteiger partial charge in [0.05, 0.1) is 11.8 Å². The molecule has 0 atom stereocenters. The maximum atomic E-state index is 11.7. The number of rotatable bonds is 2. The van der Waals surface area contributed by atoms with Crippen LogP contribution in [0.2, 0.25) is 0 Å². The zero-order valence-corrected chi connectivity index (χ0v) is 8.60. The maximum Gasteiger partial charge on any atom is 0.259 e. The van der Waals surface area contributed by atoms with E-state index in [1.165, 1.54) is 18.5 Å². The lowest BCUT2D eigenvalue weighted by Crippen LogP contribution is -2.11. The van der Waals surface area contributed by atoms with E-state index in [9.17, 15) is 9.90 Å². The van der Waals surface area contributed by atoms with Gasteiger partial charge in [0.2, 0.25) is 0 Å². The normalized spacial score (nSPS) is 10.1. The molecule has 0 unspecified atom stereocenters. The summed E-state index contributed by atoms with van der Waals surface area (Å²) in [6.07, 6.45) is 2.69. The second kappa shape index (κ2) is 4.06. The number of carbonyl (C=O) groups is 1. The quantitative estimate of drug-likeness (QED) is 0.807. The van der Waals surface area contributed by atoms with Gasteiger partial charge in [-0.05, 0) is 19.1 Å². The van der Waals surface area contributed by atoms with Crippen molar-refractivity contribution in [1.29, 1.82) is 0 Å². The van der Waals surface area contributed by atoms with Crippen LogP contribution in [-0.2, 0) is 0 Å². The Balaban J connectivity index is 2.24. The molecule has 0 spiro atoms. The third-order valence-electron chi connectivity index (χ3n) is 2.09. The van der Waals surface area contributed by atoms with Gasteiger partial charge in [-0.2, -0.15) is 0 Å². The molecule has 1 heterocycles. The van der Waals surface area contributed by atoms with E-state index in [0.29, 0.717) is 5.69 Å². The van der Waals surface area contributed by atoms with Gasteiger partial charge >= 0.3 is 0 Å². The lowest BCUT2D eigenvalue weighted by Gasteiger charge is -2.05. The number of nitrogens with zero attached hydrogens (tertiary/aromatic N) is 1. The summed E-state index contributed by atoms with van der Waals surface area (Å²) in [5, 5.41) is 15.5. The fourth-order valence-electron chi connectivity index (χ4n) is 1.30. The summed E-state index contributed by atoms with van der Waals surface area (Å²) in [6.45, 7) is 1.84. The van der Waals surface area contributed by atoms with E-state index in [-0.39, 0.29) is 11.3 Å². The van der Waals surface area contributed by atoms with Crippen molar-refractivity contribution in [2.45, 2.75) is 6.92 Å². The first-order chi connectivity index (χ1) is 7.66. The highest BCUT2D eigenvalue weighted by atomic mass is 16.5. The first kappa shape index (κ1) is 10.2. The highest BCUT2D eigenvalue weighted by Gasteiger charge is 2.11. The fourth-order valence-corrected chi connectivity index (χ4v) is 1.30.